The third-order valence-electron chi connectivity index (χ3n) is 3.09. The summed E-state index contributed by atoms with van der Waals surface area (Å²) in [5.41, 5.74) is 0. The Kier molecular flexibility index (Phi) is 5.09. The summed E-state index contributed by atoms with van der Waals surface area (Å²) in [4.78, 5) is 11.4. The summed E-state index contributed by atoms with van der Waals surface area (Å²) in [6.45, 7) is 7.72. The first kappa shape index (κ1) is 12.5. The minimum Gasteiger partial charge on any atom is -0.355 e. The molecule has 0 aliphatic heterocycles. The molecule has 1 rings (SSSR count). The lowest BCUT2D eigenvalue weighted by Gasteiger charge is -2.17. The van der Waals surface area contributed by atoms with Crippen LogP contribution in [-0.2, 0) is 4.79 Å². The molecule has 2 unspecified atom stereocenters. The lowest BCUT2D eigenvalue weighted by Crippen LogP contribution is -2.41. The van der Waals surface area contributed by atoms with Gasteiger partial charge < -0.3 is 10.6 Å². The van der Waals surface area contributed by atoms with Crippen LogP contribution in [0.3, 0.4) is 0 Å². The monoisotopic (exact) mass is 212 g/mol. The fourth-order valence-electron chi connectivity index (χ4n) is 2.05. The van der Waals surface area contributed by atoms with Gasteiger partial charge in [-0.3, -0.25) is 4.79 Å². The van der Waals surface area contributed by atoms with Gasteiger partial charge in [-0.15, -0.1) is 0 Å². The van der Waals surface area contributed by atoms with E-state index in [1.807, 2.05) is 0 Å². The van der Waals surface area contributed by atoms with E-state index in [1.54, 1.807) is 0 Å². The van der Waals surface area contributed by atoms with Crippen molar-refractivity contribution in [3.63, 3.8) is 0 Å². The molecule has 1 aliphatic carbocycles. The summed E-state index contributed by atoms with van der Waals surface area (Å²) in [5, 5.41) is 6.26. The Labute approximate surface area is 93.0 Å². The molecule has 0 saturated heterocycles. The van der Waals surface area contributed by atoms with E-state index in [1.165, 1.54) is 19.3 Å². The Morgan fingerprint density at radius 1 is 1.40 bits per heavy atom. The highest BCUT2D eigenvalue weighted by Crippen LogP contribution is 2.24. The fourth-order valence-corrected chi connectivity index (χ4v) is 2.05. The molecule has 1 saturated carbocycles. The van der Waals surface area contributed by atoms with Crippen LogP contribution in [0.15, 0.2) is 0 Å². The molecule has 2 atom stereocenters. The third-order valence-corrected chi connectivity index (χ3v) is 3.09. The maximum Gasteiger partial charge on any atom is 0.233 e. The van der Waals surface area contributed by atoms with Crippen molar-refractivity contribution in [3.8, 4) is 0 Å². The summed E-state index contributed by atoms with van der Waals surface area (Å²) in [6, 6.07) is 0.551. The van der Waals surface area contributed by atoms with Crippen LogP contribution in [0.2, 0.25) is 0 Å². The number of carbonyl (C=O) groups is 1. The molecule has 0 radical (unpaired) electrons. The quantitative estimate of drug-likeness (QED) is 0.726. The number of hydrogen-bond acceptors (Lipinski definition) is 2. The van der Waals surface area contributed by atoms with Gasteiger partial charge in [-0.25, -0.2) is 0 Å². The minimum absolute atomic E-state index is 0.128. The second-order valence-electron chi connectivity index (χ2n) is 5.09. The molecular weight excluding hydrogens is 188 g/mol. The molecule has 1 fully saturated rings. The zero-order valence-electron chi connectivity index (χ0n) is 10.2. The summed E-state index contributed by atoms with van der Waals surface area (Å²) in [7, 11) is 0. The van der Waals surface area contributed by atoms with Crippen LogP contribution < -0.4 is 10.6 Å². The SMILES string of the molecule is CC(C)CNC(=O)CNC1CCCC1C. The van der Waals surface area contributed by atoms with Crippen LogP contribution in [-0.4, -0.2) is 25.0 Å². The van der Waals surface area contributed by atoms with Crippen LogP contribution in [0.1, 0.15) is 40.0 Å². The van der Waals surface area contributed by atoms with E-state index >= 15 is 0 Å². The average molecular weight is 212 g/mol. The van der Waals surface area contributed by atoms with E-state index < -0.39 is 0 Å². The van der Waals surface area contributed by atoms with Crippen molar-refractivity contribution in [1.82, 2.24) is 10.6 Å². The van der Waals surface area contributed by atoms with E-state index in [0.29, 0.717) is 18.5 Å². The molecule has 0 heterocycles. The first-order chi connectivity index (χ1) is 7.09. The largest absolute Gasteiger partial charge is 0.355 e. The van der Waals surface area contributed by atoms with Crippen LogP contribution in [0.25, 0.3) is 0 Å². The molecule has 3 nitrogen and oxygen atoms in total. The first-order valence-electron chi connectivity index (χ1n) is 6.09. The van der Waals surface area contributed by atoms with Crippen LogP contribution in [0.5, 0.6) is 0 Å². The molecule has 0 aromatic heterocycles. The summed E-state index contributed by atoms with van der Waals surface area (Å²) >= 11 is 0. The minimum atomic E-state index is 0.128. The number of carbonyl (C=O) groups excluding carboxylic acids is 1. The van der Waals surface area contributed by atoms with Crippen LogP contribution >= 0.6 is 0 Å². The zero-order chi connectivity index (χ0) is 11.3. The second kappa shape index (κ2) is 6.11. The van der Waals surface area contributed by atoms with Crippen LogP contribution in [0.4, 0.5) is 0 Å². The Morgan fingerprint density at radius 2 is 2.13 bits per heavy atom. The lowest BCUT2D eigenvalue weighted by molar-refractivity contribution is -0.120. The smallest absolute Gasteiger partial charge is 0.233 e. The second-order valence-corrected chi connectivity index (χ2v) is 5.09. The molecule has 1 aliphatic rings. The van der Waals surface area contributed by atoms with Crippen molar-refractivity contribution in [2.24, 2.45) is 11.8 Å². The predicted octanol–water partition coefficient (Wildman–Crippen LogP) is 1.54. The van der Waals surface area contributed by atoms with Crippen molar-refractivity contribution in [1.29, 1.82) is 0 Å². The zero-order valence-corrected chi connectivity index (χ0v) is 10.2. The van der Waals surface area contributed by atoms with Crippen molar-refractivity contribution in [2.45, 2.75) is 46.1 Å². The summed E-state index contributed by atoms with van der Waals surface area (Å²) in [6.07, 6.45) is 3.82. The van der Waals surface area contributed by atoms with Crippen LogP contribution in [0, 0.1) is 11.8 Å². The normalized spacial score (nSPS) is 25.9. The Balaban J connectivity index is 2.11. The van der Waals surface area contributed by atoms with E-state index in [-0.39, 0.29) is 5.91 Å². The molecule has 0 bridgehead atoms. The molecule has 0 aromatic rings. The molecule has 2 N–H and O–H groups in total. The summed E-state index contributed by atoms with van der Waals surface area (Å²) in [5.74, 6) is 1.38. The van der Waals surface area contributed by atoms with Crippen molar-refractivity contribution < 1.29 is 4.79 Å². The maximum atomic E-state index is 11.4. The van der Waals surface area contributed by atoms with Crippen molar-refractivity contribution >= 4 is 5.91 Å². The predicted molar refractivity (Wildman–Crippen MR) is 62.7 cm³/mol. The topological polar surface area (TPSA) is 41.1 Å². The highest BCUT2D eigenvalue weighted by atomic mass is 16.1. The van der Waals surface area contributed by atoms with Gasteiger partial charge in [0.05, 0.1) is 6.54 Å². The highest BCUT2D eigenvalue weighted by Gasteiger charge is 2.22. The molecular formula is C12H24N2O. The number of nitrogens with one attached hydrogen (secondary N) is 2. The first-order valence-corrected chi connectivity index (χ1v) is 6.09. The average Bonchev–Trinajstić information content (AvgIpc) is 2.58. The lowest BCUT2D eigenvalue weighted by atomic mass is 10.1. The Bertz CT molecular complexity index is 204. The van der Waals surface area contributed by atoms with E-state index in [0.717, 1.165) is 12.5 Å². The van der Waals surface area contributed by atoms with Gasteiger partial charge in [-0.1, -0.05) is 27.2 Å². The highest BCUT2D eigenvalue weighted by molar-refractivity contribution is 5.77. The van der Waals surface area contributed by atoms with E-state index in [4.69, 9.17) is 0 Å². The standard InChI is InChI=1S/C12H24N2O/c1-9(2)7-14-12(15)8-13-11-6-4-5-10(11)3/h9-11,13H,4-8H2,1-3H3,(H,14,15). The summed E-state index contributed by atoms with van der Waals surface area (Å²) < 4.78 is 0. The van der Waals surface area contributed by atoms with Gasteiger partial charge in [0.15, 0.2) is 0 Å². The van der Waals surface area contributed by atoms with Gasteiger partial charge in [-0.2, -0.15) is 0 Å². The van der Waals surface area contributed by atoms with Gasteiger partial charge in [0.25, 0.3) is 0 Å². The molecule has 0 aromatic carbocycles. The number of rotatable bonds is 5. The van der Waals surface area contributed by atoms with Gasteiger partial charge in [0, 0.05) is 12.6 Å². The Hall–Kier alpha value is -0.570. The molecule has 15 heavy (non-hydrogen) atoms. The van der Waals surface area contributed by atoms with Crippen molar-refractivity contribution in [2.75, 3.05) is 13.1 Å². The third kappa shape index (κ3) is 4.65. The van der Waals surface area contributed by atoms with Gasteiger partial charge in [-0.05, 0) is 24.7 Å². The fraction of sp³-hybridized carbons (Fsp3) is 0.917. The van der Waals surface area contributed by atoms with E-state index in [2.05, 4.69) is 31.4 Å². The molecule has 3 heteroatoms. The molecule has 0 spiro atoms. The van der Waals surface area contributed by atoms with Gasteiger partial charge in [0.1, 0.15) is 0 Å². The van der Waals surface area contributed by atoms with Gasteiger partial charge in [0.2, 0.25) is 5.91 Å². The molecule has 1 amide bonds. The number of amides is 1. The van der Waals surface area contributed by atoms with E-state index in [9.17, 15) is 4.79 Å². The Morgan fingerprint density at radius 3 is 2.67 bits per heavy atom. The van der Waals surface area contributed by atoms with Crippen molar-refractivity contribution in [3.05, 3.63) is 0 Å². The van der Waals surface area contributed by atoms with Gasteiger partial charge >= 0.3 is 0 Å². The maximum absolute atomic E-state index is 11.4. The number of hydrogen-bond donors (Lipinski definition) is 2. The molecule has 88 valence electrons.